The molecule has 6 rings (SSSR count). The first-order chi connectivity index (χ1) is 14.9. The van der Waals surface area contributed by atoms with Crippen LogP contribution in [0.2, 0.25) is 0 Å². The number of nitrogens with two attached hydrogens (primary N) is 1. The van der Waals surface area contributed by atoms with Crippen LogP contribution in [-0.2, 0) is 4.74 Å². The van der Waals surface area contributed by atoms with Crippen LogP contribution in [0, 0.1) is 0 Å². The summed E-state index contributed by atoms with van der Waals surface area (Å²) in [5.41, 5.74) is 8.09. The van der Waals surface area contributed by atoms with E-state index in [-0.39, 0.29) is 11.5 Å². The summed E-state index contributed by atoms with van der Waals surface area (Å²) < 4.78 is 14.4. The molecule has 3 aliphatic rings. The second-order valence-corrected chi connectivity index (χ2v) is 9.77. The van der Waals surface area contributed by atoms with Crippen molar-refractivity contribution in [3.8, 4) is 17.0 Å². The van der Waals surface area contributed by atoms with E-state index in [4.69, 9.17) is 20.2 Å². The van der Waals surface area contributed by atoms with Crippen molar-refractivity contribution in [1.29, 1.82) is 0 Å². The summed E-state index contributed by atoms with van der Waals surface area (Å²) in [6.07, 6.45) is 9.87. The van der Waals surface area contributed by atoms with Gasteiger partial charge in [-0.2, -0.15) is 0 Å². The number of nitrogen functional groups attached to an aromatic ring is 1. The summed E-state index contributed by atoms with van der Waals surface area (Å²) in [5, 5.41) is 10.2. The molecule has 1 aromatic carbocycles. The topological polar surface area (TPSA) is 94.9 Å². The SMILES string of the molecule is CC1(O)CC(c2nc(-c3cccc(OCC45CCC(CC4)O5)c3)c3c(N)nccn23)C1. The minimum absolute atomic E-state index is 0.107. The zero-order valence-corrected chi connectivity index (χ0v) is 17.8. The highest BCUT2D eigenvalue weighted by molar-refractivity contribution is 5.85. The van der Waals surface area contributed by atoms with Crippen LogP contribution in [0.5, 0.6) is 5.75 Å². The van der Waals surface area contributed by atoms with Crippen LogP contribution in [0.3, 0.4) is 0 Å². The average Bonchev–Trinajstić information content (AvgIpc) is 3.44. The molecule has 3 N–H and O–H groups in total. The average molecular weight is 421 g/mol. The number of aliphatic hydroxyl groups is 1. The van der Waals surface area contributed by atoms with Gasteiger partial charge in [-0.15, -0.1) is 0 Å². The Hall–Kier alpha value is -2.64. The fraction of sp³-hybridized carbons (Fsp3) is 0.500. The molecule has 0 amide bonds. The lowest BCUT2D eigenvalue weighted by Gasteiger charge is -2.40. The standard InChI is InChI=1S/C24H28N4O3/c1-23(29)12-16(13-23)22-27-19(20-21(25)26-9-10-28(20)22)15-3-2-4-18(11-15)30-14-24-7-5-17(31-24)6-8-24/h2-4,9-11,16-17,29H,5-8,12-14H2,1H3,(H2,25,26). The van der Waals surface area contributed by atoms with Crippen molar-refractivity contribution < 1.29 is 14.6 Å². The largest absolute Gasteiger partial charge is 0.491 e. The number of aromatic nitrogens is 3. The fourth-order valence-electron chi connectivity index (χ4n) is 5.59. The van der Waals surface area contributed by atoms with Gasteiger partial charge in [0.25, 0.3) is 0 Å². The van der Waals surface area contributed by atoms with Crippen molar-refractivity contribution in [2.75, 3.05) is 12.3 Å². The number of imidazole rings is 1. The summed E-state index contributed by atoms with van der Waals surface area (Å²) >= 11 is 0. The van der Waals surface area contributed by atoms with Crippen LogP contribution in [-0.4, -0.2) is 43.4 Å². The third-order valence-corrected chi connectivity index (χ3v) is 7.22. The molecule has 1 saturated carbocycles. The molecule has 0 spiro atoms. The van der Waals surface area contributed by atoms with E-state index in [1.54, 1.807) is 6.20 Å². The fourth-order valence-corrected chi connectivity index (χ4v) is 5.59. The lowest BCUT2D eigenvalue weighted by molar-refractivity contribution is -0.0335. The predicted molar refractivity (Wildman–Crippen MR) is 117 cm³/mol. The summed E-state index contributed by atoms with van der Waals surface area (Å²) in [7, 11) is 0. The second kappa shape index (κ2) is 6.68. The molecule has 3 fully saturated rings. The molecule has 1 aliphatic carbocycles. The van der Waals surface area contributed by atoms with E-state index in [2.05, 4.69) is 4.98 Å². The molecule has 31 heavy (non-hydrogen) atoms. The van der Waals surface area contributed by atoms with Crippen molar-refractivity contribution in [3.63, 3.8) is 0 Å². The van der Waals surface area contributed by atoms with Gasteiger partial charge in [-0.25, -0.2) is 9.97 Å². The highest BCUT2D eigenvalue weighted by Crippen LogP contribution is 2.46. The van der Waals surface area contributed by atoms with Crippen molar-refractivity contribution >= 4 is 11.3 Å². The van der Waals surface area contributed by atoms with Gasteiger partial charge in [0.2, 0.25) is 0 Å². The van der Waals surface area contributed by atoms with Crippen molar-refractivity contribution in [2.24, 2.45) is 0 Å². The minimum Gasteiger partial charge on any atom is -0.491 e. The smallest absolute Gasteiger partial charge is 0.150 e. The van der Waals surface area contributed by atoms with Crippen LogP contribution in [0.1, 0.15) is 57.2 Å². The summed E-state index contributed by atoms with van der Waals surface area (Å²) in [5.74, 6) is 2.38. The van der Waals surface area contributed by atoms with E-state index >= 15 is 0 Å². The molecular formula is C24H28N4O3. The first kappa shape index (κ1) is 19.1. The highest BCUT2D eigenvalue weighted by atomic mass is 16.6. The van der Waals surface area contributed by atoms with Crippen LogP contribution in [0.25, 0.3) is 16.8 Å². The van der Waals surface area contributed by atoms with Crippen molar-refractivity contribution in [3.05, 3.63) is 42.5 Å². The lowest BCUT2D eigenvalue weighted by atomic mass is 9.72. The molecule has 4 heterocycles. The molecule has 162 valence electrons. The van der Waals surface area contributed by atoms with Gasteiger partial charge in [0, 0.05) is 23.9 Å². The van der Waals surface area contributed by atoms with E-state index in [0.29, 0.717) is 31.4 Å². The van der Waals surface area contributed by atoms with Crippen LogP contribution < -0.4 is 10.5 Å². The molecule has 2 aromatic heterocycles. The number of ether oxygens (including phenoxy) is 2. The molecule has 0 radical (unpaired) electrons. The molecule has 2 saturated heterocycles. The van der Waals surface area contributed by atoms with Gasteiger partial charge < -0.3 is 20.3 Å². The monoisotopic (exact) mass is 420 g/mol. The van der Waals surface area contributed by atoms with Gasteiger partial charge >= 0.3 is 0 Å². The Morgan fingerprint density at radius 2 is 2.10 bits per heavy atom. The van der Waals surface area contributed by atoms with Gasteiger partial charge in [-0.05, 0) is 57.6 Å². The van der Waals surface area contributed by atoms with Crippen molar-refractivity contribution in [2.45, 2.75) is 68.7 Å². The summed E-state index contributed by atoms with van der Waals surface area (Å²) in [6, 6.07) is 8.01. The van der Waals surface area contributed by atoms with Crippen LogP contribution in [0.4, 0.5) is 5.82 Å². The number of fused-ring (bicyclic) bond motifs is 3. The Morgan fingerprint density at radius 1 is 1.29 bits per heavy atom. The van der Waals surface area contributed by atoms with E-state index < -0.39 is 5.60 Å². The Balaban J connectivity index is 1.33. The number of nitrogens with zero attached hydrogens (tertiary/aromatic N) is 3. The van der Waals surface area contributed by atoms with Crippen molar-refractivity contribution in [1.82, 2.24) is 14.4 Å². The zero-order valence-electron chi connectivity index (χ0n) is 17.8. The first-order valence-electron chi connectivity index (χ1n) is 11.2. The number of rotatable bonds is 5. The quantitative estimate of drug-likeness (QED) is 0.654. The van der Waals surface area contributed by atoms with Gasteiger partial charge in [0.05, 0.1) is 11.7 Å². The van der Waals surface area contributed by atoms with Crippen LogP contribution >= 0.6 is 0 Å². The predicted octanol–water partition coefficient (Wildman–Crippen LogP) is 3.70. The maximum absolute atomic E-state index is 10.2. The van der Waals surface area contributed by atoms with Gasteiger partial charge in [-0.1, -0.05) is 12.1 Å². The number of hydrogen-bond acceptors (Lipinski definition) is 6. The number of benzene rings is 1. The first-order valence-corrected chi connectivity index (χ1v) is 11.2. The van der Waals surface area contributed by atoms with E-state index in [9.17, 15) is 5.11 Å². The van der Waals surface area contributed by atoms with Gasteiger partial charge in [-0.3, -0.25) is 4.40 Å². The third kappa shape index (κ3) is 3.18. The summed E-state index contributed by atoms with van der Waals surface area (Å²) in [4.78, 5) is 9.27. The Bertz CT molecular complexity index is 1140. The minimum atomic E-state index is -0.621. The second-order valence-electron chi connectivity index (χ2n) is 9.77. The molecule has 7 heteroatoms. The number of hydrogen-bond donors (Lipinski definition) is 2. The number of anilines is 1. The molecule has 0 unspecified atom stereocenters. The van der Waals surface area contributed by atoms with Crippen LogP contribution in [0.15, 0.2) is 36.7 Å². The Morgan fingerprint density at radius 3 is 2.81 bits per heavy atom. The molecule has 3 aromatic rings. The molecule has 0 atom stereocenters. The molecule has 7 nitrogen and oxygen atoms in total. The van der Waals surface area contributed by atoms with E-state index in [1.165, 1.54) is 0 Å². The molecular weight excluding hydrogens is 392 g/mol. The molecule has 2 aliphatic heterocycles. The lowest BCUT2D eigenvalue weighted by Crippen LogP contribution is -2.40. The normalized spacial score (nSPS) is 31.8. The molecule has 2 bridgehead atoms. The van der Waals surface area contributed by atoms with Gasteiger partial charge in [0.1, 0.15) is 40.8 Å². The van der Waals surface area contributed by atoms with Gasteiger partial charge in [0.15, 0.2) is 0 Å². The maximum Gasteiger partial charge on any atom is 0.150 e. The zero-order chi connectivity index (χ0) is 21.2. The highest BCUT2D eigenvalue weighted by Gasteiger charge is 2.46. The summed E-state index contributed by atoms with van der Waals surface area (Å²) in [6.45, 7) is 2.46. The Labute approximate surface area is 181 Å². The van der Waals surface area contributed by atoms with E-state index in [0.717, 1.165) is 54.0 Å². The third-order valence-electron chi connectivity index (χ3n) is 7.22. The Kier molecular flexibility index (Phi) is 4.11. The van der Waals surface area contributed by atoms with E-state index in [1.807, 2.05) is 41.8 Å². The maximum atomic E-state index is 10.2.